The lowest BCUT2D eigenvalue weighted by Crippen LogP contribution is -2.42. The molecule has 6 nitrogen and oxygen atoms in total. The number of alkyl halides is 3. The number of hydrogen-bond acceptors (Lipinski definition) is 6. The average Bonchev–Trinajstić information content (AvgIpc) is 3.20. The minimum absolute atomic E-state index is 0.0110. The first-order chi connectivity index (χ1) is 17.2. The predicted molar refractivity (Wildman–Crippen MR) is 128 cm³/mol. The quantitative estimate of drug-likeness (QED) is 0.346. The van der Waals surface area contributed by atoms with Gasteiger partial charge in [0.05, 0.1) is 31.0 Å². The molecule has 192 valence electrons. The minimum Gasteiger partial charge on any atom is -0.504 e. The molecule has 0 radical (unpaired) electrons. The zero-order valence-electron chi connectivity index (χ0n) is 20.1. The molecule has 1 unspecified atom stereocenters. The zero-order chi connectivity index (χ0) is 25.7. The van der Waals surface area contributed by atoms with Crippen molar-refractivity contribution in [2.75, 3.05) is 7.11 Å². The second-order valence-electron chi connectivity index (χ2n) is 10.3. The summed E-state index contributed by atoms with van der Waals surface area (Å²) in [6.45, 7) is 2.22. The molecule has 2 aromatic rings. The van der Waals surface area contributed by atoms with E-state index in [4.69, 9.17) is 9.57 Å². The van der Waals surface area contributed by atoms with E-state index in [2.05, 4.69) is 23.7 Å². The molecule has 0 saturated heterocycles. The highest BCUT2D eigenvalue weighted by molar-refractivity contribution is 5.72. The van der Waals surface area contributed by atoms with Crippen molar-refractivity contribution in [2.24, 2.45) is 22.4 Å². The fourth-order valence-electron chi connectivity index (χ4n) is 6.58. The number of fused-ring (bicyclic) bond motifs is 5. The SMILES string of the molecule is COc1cc2c(cc1O)C(NOCc1ccc(C(F)(F)F)cc1)=C[C@@H]1[C@@H]2CC[C@]2(C)C(N=O)CC[C@@H]12. The van der Waals surface area contributed by atoms with Crippen molar-refractivity contribution in [3.63, 3.8) is 0 Å². The van der Waals surface area contributed by atoms with Gasteiger partial charge >= 0.3 is 6.18 Å². The fourth-order valence-corrected chi connectivity index (χ4v) is 6.58. The summed E-state index contributed by atoms with van der Waals surface area (Å²) in [4.78, 5) is 17.3. The van der Waals surface area contributed by atoms with Crippen LogP contribution in [0.25, 0.3) is 5.70 Å². The second kappa shape index (κ2) is 9.10. The summed E-state index contributed by atoms with van der Waals surface area (Å²) in [7, 11) is 1.51. The molecule has 0 heterocycles. The van der Waals surface area contributed by atoms with E-state index in [9.17, 15) is 23.2 Å². The smallest absolute Gasteiger partial charge is 0.416 e. The maximum absolute atomic E-state index is 12.8. The number of phenolic OH excluding ortho intramolecular Hbond substituents is 1. The van der Waals surface area contributed by atoms with Crippen LogP contribution >= 0.6 is 0 Å². The van der Waals surface area contributed by atoms with E-state index in [1.807, 2.05) is 6.07 Å². The molecule has 5 atom stereocenters. The highest BCUT2D eigenvalue weighted by atomic mass is 19.4. The lowest BCUT2D eigenvalue weighted by Gasteiger charge is -2.48. The third-order valence-electron chi connectivity index (χ3n) is 8.51. The van der Waals surface area contributed by atoms with Gasteiger partial charge in [0.1, 0.15) is 0 Å². The van der Waals surface area contributed by atoms with E-state index < -0.39 is 11.7 Å². The molecule has 5 rings (SSSR count). The number of nitroso groups, excluding NO2 is 1. The van der Waals surface area contributed by atoms with Gasteiger partial charge in [0.2, 0.25) is 0 Å². The molecular weight excluding hydrogens is 473 g/mol. The molecule has 0 aromatic heterocycles. The summed E-state index contributed by atoms with van der Waals surface area (Å²) >= 11 is 0. The Hall–Kier alpha value is -3.07. The van der Waals surface area contributed by atoms with Gasteiger partial charge in [0.25, 0.3) is 0 Å². The van der Waals surface area contributed by atoms with E-state index in [-0.39, 0.29) is 41.6 Å². The van der Waals surface area contributed by atoms with E-state index in [1.54, 1.807) is 6.07 Å². The van der Waals surface area contributed by atoms with Crippen LogP contribution in [0.1, 0.15) is 60.8 Å². The van der Waals surface area contributed by atoms with Crippen LogP contribution in [0, 0.1) is 22.2 Å². The minimum atomic E-state index is -4.39. The maximum Gasteiger partial charge on any atom is 0.416 e. The molecule has 0 bridgehead atoms. The van der Waals surface area contributed by atoms with Crippen molar-refractivity contribution in [2.45, 2.75) is 57.3 Å². The van der Waals surface area contributed by atoms with E-state index in [0.717, 1.165) is 48.9 Å². The van der Waals surface area contributed by atoms with E-state index in [0.29, 0.717) is 17.0 Å². The van der Waals surface area contributed by atoms with Crippen molar-refractivity contribution in [1.82, 2.24) is 5.48 Å². The van der Waals surface area contributed by atoms with Gasteiger partial charge in [-0.2, -0.15) is 18.1 Å². The van der Waals surface area contributed by atoms with Crippen LogP contribution in [-0.4, -0.2) is 18.3 Å². The van der Waals surface area contributed by atoms with Crippen LogP contribution < -0.4 is 10.2 Å². The molecule has 3 aliphatic rings. The zero-order valence-corrected chi connectivity index (χ0v) is 20.1. The summed E-state index contributed by atoms with van der Waals surface area (Å²) in [6.07, 6.45) is 1.22. The van der Waals surface area contributed by atoms with Crippen LogP contribution in [0.5, 0.6) is 11.5 Å². The number of phenols is 1. The third kappa shape index (κ3) is 4.13. The normalized spacial score (nSPS) is 29.0. The summed E-state index contributed by atoms with van der Waals surface area (Å²) in [5.74, 6) is 1.04. The first kappa shape index (κ1) is 24.6. The first-order valence-corrected chi connectivity index (χ1v) is 12.1. The van der Waals surface area contributed by atoms with Crippen molar-refractivity contribution >= 4 is 5.70 Å². The molecule has 2 saturated carbocycles. The molecule has 2 N–H and O–H groups in total. The van der Waals surface area contributed by atoms with E-state index in [1.165, 1.54) is 19.2 Å². The number of methoxy groups -OCH3 is 1. The number of nitrogens with zero attached hydrogens (tertiary/aromatic N) is 1. The molecule has 9 heteroatoms. The van der Waals surface area contributed by atoms with Crippen molar-refractivity contribution < 1.29 is 27.9 Å². The number of hydrogen-bond donors (Lipinski definition) is 2. The van der Waals surface area contributed by atoms with Crippen LogP contribution in [0.4, 0.5) is 13.2 Å². The van der Waals surface area contributed by atoms with Crippen LogP contribution in [0.3, 0.4) is 0 Å². The van der Waals surface area contributed by atoms with Crippen LogP contribution in [-0.2, 0) is 17.6 Å². The van der Waals surface area contributed by atoms with Gasteiger partial charge in [0, 0.05) is 5.56 Å². The molecule has 0 aliphatic heterocycles. The third-order valence-corrected chi connectivity index (χ3v) is 8.51. The lowest BCUT2D eigenvalue weighted by atomic mass is 9.56. The highest BCUT2D eigenvalue weighted by Crippen LogP contribution is 2.61. The van der Waals surface area contributed by atoms with Gasteiger partial charge in [-0.05, 0) is 84.2 Å². The van der Waals surface area contributed by atoms with Crippen LogP contribution in [0.2, 0.25) is 0 Å². The fraction of sp³-hybridized carbons (Fsp3) is 0.481. The summed E-state index contributed by atoms with van der Waals surface area (Å²) in [5, 5.41) is 13.9. The average molecular weight is 503 g/mol. The summed E-state index contributed by atoms with van der Waals surface area (Å²) < 4.78 is 43.9. The first-order valence-electron chi connectivity index (χ1n) is 12.1. The number of aromatic hydroxyl groups is 1. The van der Waals surface area contributed by atoms with Crippen molar-refractivity contribution in [3.05, 3.63) is 69.6 Å². The van der Waals surface area contributed by atoms with Gasteiger partial charge < -0.3 is 9.84 Å². The molecule has 2 aromatic carbocycles. The molecule has 3 aliphatic carbocycles. The number of nitrogens with one attached hydrogen (secondary N) is 1. The summed E-state index contributed by atoms with van der Waals surface area (Å²) in [5.41, 5.74) is 5.23. The number of rotatable bonds is 6. The topological polar surface area (TPSA) is 80.2 Å². The summed E-state index contributed by atoms with van der Waals surface area (Å²) in [6, 6.07) is 8.17. The predicted octanol–water partition coefficient (Wildman–Crippen LogP) is 6.54. The molecule has 0 spiro atoms. The van der Waals surface area contributed by atoms with Gasteiger partial charge in [-0.25, -0.2) is 0 Å². The Kier molecular flexibility index (Phi) is 6.22. The maximum atomic E-state index is 12.8. The Morgan fingerprint density at radius 1 is 1.17 bits per heavy atom. The van der Waals surface area contributed by atoms with Crippen molar-refractivity contribution in [1.29, 1.82) is 0 Å². The Morgan fingerprint density at radius 2 is 1.92 bits per heavy atom. The Balaban J connectivity index is 1.42. The highest BCUT2D eigenvalue weighted by Gasteiger charge is 2.55. The molecule has 36 heavy (non-hydrogen) atoms. The van der Waals surface area contributed by atoms with Gasteiger partial charge in [-0.3, -0.25) is 10.3 Å². The monoisotopic (exact) mass is 502 g/mol. The van der Waals surface area contributed by atoms with Gasteiger partial charge in [0.15, 0.2) is 11.5 Å². The van der Waals surface area contributed by atoms with E-state index >= 15 is 0 Å². The second-order valence-corrected chi connectivity index (χ2v) is 10.3. The van der Waals surface area contributed by atoms with Crippen molar-refractivity contribution in [3.8, 4) is 11.5 Å². The lowest BCUT2D eigenvalue weighted by molar-refractivity contribution is -0.137. The number of ether oxygens (including phenoxy) is 1. The van der Waals surface area contributed by atoms with Gasteiger partial charge in [-0.1, -0.05) is 30.3 Å². The number of halogens is 3. The molecule has 2 fully saturated rings. The number of allylic oxidation sites excluding steroid dienone is 1. The standard InChI is InChI=1S/C27H29F3N2O4/c1-26-10-9-17-18-13-24(35-2)23(33)12-20(18)22(11-19(17)21(26)7-8-25(26)31-34)32-36-14-15-3-5-16(6-4-15)27(28,29)30/h3-6,11-13,17,19,21,25,32-33H,7-10,14H2,1-2H3/t17-,19-,21+,25?,26+/m1/s1. The molecular formula is C27H29F3N2O4. The van der Waals surface area contributed by atoms with Gasteiger partial charge in [-0.15, -0.1) is 0 Å². The van der Waals surface area contributed by atoms with Crippen LogP contribution in [0.15, 0.2) is 47.7 Å². The Labute approximate surface area is 207 Å². The largest absolute Gasteiger partial charge is 0.504 e. The number of benzene rings is 2. The number of hydroxylamine groups is 1. The molecule has 0 amide bonds. The Bertz CT molecular complexity index is 1180. The Morgan fingerprint density at radius 3 is 2.58 bits per heavy atom.